The number of nitrogens with zero attached hydrogens (tertiary/aromatic N) is 3. The first-order valence-corrected chi connectivity index (χ1v) is 14.8. The summed E-state index contributed by atoms with van der Waals surface area (Å²) in [5.74, 6) is -3.60. The third kappa shape index (κ3) is 6.40. The van der Waals surface area contributed by atoms with Crippen LogP contribution in [0, 0.1) is 0 Å². The number of alkyl halides is 2. The molecule has 13 nitrogen and oxygen atoms in total. The molecule has 1 aliphatic rings. The van der Waals surface area contributed by atoms with Crippen molar-refractivity contribution in [1.29, 1.82) is 0 Å². The van der Waals surface area contributed by atoms with E-state index < -0.39 is 54.4 Å². The number of aromatic amines is 1. The Bertz CT molecular complexity index is 1440. The van der Waals surface area contributed by atoms with E-state index in [1.807, 2.05) is 0 Å². The molecule has 0 saturated carbocycles. The minimum Gasteiger partial charge on any atom is -0.462 e. The summed E-state index contributed by atoms with van der Waals surface area (Å²) >= 11 is 11.9. The average molecular weight is 605 g/mol. The third-order valence-electron chi connectivity index (χ3n) is 5.54. The highest BCUT2D eigenvalue weighted by molar-refractivity contribution is 8.09. The number of para-hydroxylation sites is 1. The van der Waals surface area contributed by atoms with Crippen LogP contribution in [0.25, 0.3) is 11.2 Å². The monoisotopic (exact) mass is 604 g/mol. The lowest BCUT2D eigenvalue weighted by molar-refractivity contribution is -0.149. The highest BCUT2D eigenvalue weighted by Gasteiger charge is 2.58. The summed E-state index contributed by atoms with van der Waals surface area (Å²) in [4.78, 5) is 34.8. The van der Waals surface area contributed by atoms with Gasteiger partial charge in [-0.15, -0.1) is 11.6 Å². The zero-order valence-corrected chi connectivity index (χ0v) is 23.5. The van der Waals surface area contributed by atoms with E-state index in [-0.39, 0.29) is 23.2 Å². The van der Waals surface area contributed by atoms with Crippen molar-refractivity contribution in [1.82, 2.24) is 24.6 Å². The number of nitrogen functional groups attached to an aromatic ring is 1. The van der Waals surface area contributed by atoms with Crippen LogP contribution >= 0.6 is 18.2 Å². The van der Waals surface area contributed by atoms with Gasteiger partial charge in [0.1, 0.15) is 23.3 Å². The van der Waals surface area contributed by atoms with E-state index in [4.69, 9.17) is 47.7 Å². The molecule has 5 N–H and O–H groups in total. The zero-order valence-electron chi connectivity index (χ0n) is 21.0. The Balaban J connectivity index is 1.56. The van der Waals surface area contributed by atoms with Gasteiger partial charge in [-0.05, 0) is 44.7 Å². The number of imidazole rings is 1. The molecule has 0 amide bonds. The Kier molecular flexibility index (Phi) is 8.61. The third-order valence-corrected chi connectivity index (χ3v) is 8.56. The minimum absolute atomic E-state index is 0.0269. The fraction of sp³-hybridized carbons (Fsp3) is 0.455. The van der Waals surface area contributed by atoms with Crippen molar-refractivity contribution in [2.45, 2.75) is 56.5 Å². The van der Waals surface area contributed by atoms with Crippen molar-refractivity contribution in [3.05, 3.63) is 47.0 Å². The SMILES string of the molecule is CC(C)OC(=O)C(C)NP(=S)(OCC1OC(n2cnc3c(=O)[nH]c(N)nc32)C(Cl)C1(O)F)Oc1ccccc1. The maximum Gasteiger partial charge on any atom is 0.323 e. The summed E-state index contributed by atoms with van der Waals surface area (Å²) in [5.41, 5.74) is 4.89. The molecule has 2 aromatic heterocycles. The van der Waals surface area contributed by atoms with Crippen molar-refractivity contribution >= 4 is 53.1 Å². The Morgan fingerprint density at radius 3 is 2.77 bits per heavy atom. The number of nitrogens with two attached hydrogens (primary N) is 1. The van der Waals surface area contributed by atoms with Crippen molar-refractivity contribution in [3.63, 3.8) is 0 Å². The maximum absolute atomic E-state index is 15.5. The smallest absolute Gasteiger partial charge is 0.323 e. The largest absolute Gasteiger partial charge is 0.462 e. The molecule has 0 spiro atoms. The zero-order chi connectivity index (χ0) is 28.5. The van der Waals surface area contributed by atoms with E-state index in [1.165, 1.54) is 11.5 Å². The van der Waals surface area contributed by atoms with Crippen LogP contribution in [0.5, 0.6) is 5.75 Å². The van der Waals surface area contributed by atoms with Gasteiger partial charge in [-0.2, -0.15) is 4.98 Å². The van der Waals surface area contributed by atoms with Crippen LogP contribution in [0.15, 0.2) is 41.5 Å². The Labute approximate surface area is 232 Å². The first-order chi connectivity index (χ1) is 18.3. The van der Waals surface area contributed by atoms with Gasteiger partial charge in [0.15, 0.2) is 17.4 Å². The number of hydrogen-bond acceptors (Lipinski definition) is 11. The number of ether oxygens (including phenoxy) is 2. The van der Waals surface area contributed by atoms with Crippen LogP contribution in [0.4, 0.5) is 10.3 Å². The van der Waals surface area contributed by atoms with E-state index in [9.17, 15) is 14.7 Å². The molecule has 39 heavy (non-hydrogen) atoms. The summed E-state index contributed by atoms with van der Waals surface area (Å²) < 4.78 is 39.3. The topological polar surface area (TPSA) is 176 Å². The second kappa shape index (κ2) is 11.5. The van der Waals surface area contributed by atoms with Gasteiger partial charge in [-0.25, -0.2) is 14.5 Å². The molecule has 6 unspecified atom stereocenters. The highest BCUT2D eigenvalue weighted by Crippen LogP contribution is 2.48. The molecular weight excluding hydrogens is 578 g/mol. The van der Waals surface area contributed by atoms with E-state index in [0.29, 0.717) is 5.75 Å². The van der Waals surface area contributed by atoms with Crippen LogP contribution in [0.1, 0.15) is 27.0 Å². The van der Waals surface area contributed by atoms with Gasteiger partial charge < -0.3 is 29.4 Å². The fourth-order valence-electron chi connectivity index (χ4n) is 3.70. The highest BCUT2D eigenvalue weighted by atomic mass is 35.5. The van der Waals surface area contributed by atoms with E-state index in [0.717, 1.165) is 6.33 Å². The Hall–Kier alpha value is -2.65. The number of H-pyrrole nitrogens is 1. The lowest BCUT2D eigenvalue weighted by Crippen LogP contribution is -2.43. The van der Waals surface area contributed by atoms with Crippen molar-refractivity contribution in [3.8, 4) is 5.75 Å². The molecular formula is C22H27ClFN6O7PS. The van der Waals surface area contributed by atoms with E-state index >= 15 is 4.39 Å². The van der Waals surface area contributed by atoms with Gasteiger partial charge >= 0.3 is 12.6 Å². The quantitative estimate of drug-likeness (QED) is 0.151. The molecule has 3 aromatic rings. The maximum atomic E-state index is 15.5. The average Bonchev–Trinajstić information content (AvgIpc) is 3.36. The van der Waals surface area contributed by atoms with Gasteiger partial charge in [0.05, 0.1) is 19.0 Å². The van der Waals surface area contributed by atoms with Crippen LogP contribution in [0.2, 0.25) is 0 Å². The number of hydrogen-bond donors (Lipinski definition) is 4. The first-order valence-electron chi connectivity index (χ1n) is 11.7. The number of fused-ring (bicyclic) bond motifs is 1. The van der Waals surface area contributed by atoms with Gasteiger partial charge in [0.2, 0.25) is 5.95 Å². The molecule has 0 aliphatic carbocycles. The first kappa shape index (κ1) is 29.3. The number of carbonyl (C=O) groups is 1. The minimum atomic E-state index is -3.57. The van der Waals surface area contributed by atoms with Gasteiger partial charge in [0, 0.05) is 0 Å². The number of nitrogens with one attached hydrogen (secondary N) is 2. The molecule has 17 heteroatoms. The number of aliphatic hydroxyl groups is 1. The molecule has 212 valence electrons. The normalized spacial score (nSPS) is 25.5. The summed E-state index contributed by atoms with van der Waals surface area (Å²) in [7, 11) is 0. The second-order valence-electron chi connectivity index (χ2n) is 8.95. The summed E-state index contributed by atoms with van der Waals surface area (Å²) in [6, 6.07) is 7.47. The molecule has 1 aliphatic heterocycles. The second-order valence-corrected chi connectivity index (χ2v) is 12.6. The van der Waals surface area contributed by atoms with Crippen molar-refractivity contribution in [2.75, 3.05) is 12.3 Å². The predicted octanol–water partition coefficient (Wildman–Crippen LogP) is 2.11. The van der Waals surface area contributed by atoms with Crippen molar-refractivity contribution in [2.24, 2.45) is 0 Å². The lowest BCUT2D eigenvalue weighted by atomic mass is 10.1. The van der Waals surface area contributed by atoms with Crippen LogP contribution in [-0.2, 0) is 30.6 Å². The molecule has 0 bridgehead atoms. The number of aromatic nitrogens is 4. The van der Waals surface area contributed by atoms with Crippen LogP contribution < -0.4 is 20.9 Å². The summed E-state index contributed by atoms with van der Waals surface area (Å²) in [6.45, 7) is 0.705. The summed E-state index contributed by atoms with van der Waals surface area (Å²) in [5, 5.41) is 11.8. The fourth-order valence-corrected chi connectivity index (χ4v) is 6.43. The summed E-state index contributed by atoms with van der Waals surface area (Å²) in [6.07, 6.45) is -2.22. The Morgan fingerprint density at radius 2 is 2.10 bits per heavy atom. The Morgan fingerprint density at radius 1 is 1.41 bits per heavy atom. The van der Waals surface area contributed by atoms with Crippen LogP contribution in [0.3, 0.4) is 0 Å². The number of esters is 1. The van der Waals surface area contributed by atoms with Crippen molar-refractivity contribution < 1.29 is 32.8 Å². The molecule has 0 radical (unpaired) electrons. The number of rotatable bonds is 10. The molecule has 4 rings (SSSR count). The molecule has 6 atom stereocenters. The number of carbonyl (C=O) groups excluding carboxylic acids is 1. The molecule has 1 fully saturated rings. The number of anilines is 1. The van der Waals surface area contributed by atoms with Crippen LogP contribution in [-0.4, -0.2) is 66.7 Å². The molecule has 3 heterocycles. The molecule has 1 aromatic carbocycles. The van der Waals surface area contributed by atoms with Gasteiger partial charge in [-0.3, -0.25) is 19.1 Å². The van der Waals surface area contributed by atoms with Gasteiger partial charge in [-0.1, -0.05) is 18.2 Å². The lowest BCUT2D eigenvalue weighted by Gasteiger charge is -2.29. The van der Waals surface area contributed by atoms with E-state index in [1.54, 1.807) is 44.2 Å². The van der Waals surface area contributed by atoms with Gasteiger partial charge in [0.25, 0.3) is 11.4 Å². The number of benzene rings is 1. The standard InChI is InChI=1S/C22H27ClFN6O7PS/c1-11(2)35-20(32)12(3)29-38(39,37-13-7-5-4-6-8-13)34-9-14-22(24,33)16(23)19(36-14)30-10-26-15-17(30)27-21(25)28-18(15)31/h4-8,10-12,14,16,19,33H,9H2,1-3H3,(H,29,39)(H3,25,27,28,31). The van der Waals surface area contributed by atoms with E-state index in [2.05, 4.69) is 20.0 Å². The molecule has 1 saturated heterocycles. The predicted molar refractivity (Wildman–Crippen MR) is 143 cm³/mol. The number of halogens is 2.